The molecule has 0 aliphatic carbocycles. The predicted octanol–water partition coefficient (Wildman–Crippen LogP) is 6.26. The number of para-hydroxylation sites is 1. The zero-order chi connectivity index (χ0) is 19.1. The summed E-state index contributed by atoms with van der Waals surface area (Å²) in [6.45, 7) is 10.5. The van der Waals surface area contributed by atoms with E-state index >= 15 is 0 Å². The van der Waals surface area contributed by atoms with Crippen LogP contribution in [0.15, 0.2) is 58.4 Å². The van der Waals surface area contributed by atoms with Crippen LogP contribution in [0, 0.1) is 0 Å². The van der Waals surface area contributed by atoms with Crippen molar-refractivity contribution in [2.24, 2.45) is 9.89 Å². The number of hydrogen-bond donors (Lipinski definition) is 1. The zero-order valence-electron chi connectivity index (χ0n) is 15.2. The van der Waals surface area contributed by atoms with Crippen LogP contribution in [0.4, 0.5) is 5.69 Å². The van der Waals surface area contributed by atoms with E-state index in [0.717, 1.165) is 5.56 Å². The van der Waals surface area contributed by atoms with Gasteiger partial charge in [-0.05, 0) is 29.8 Å². The molecule has 2 aromatic carbocycles. The van der Waals surface area contributed by atoms with Crippen molar-refractivity contribution in [2.45, 2.75) is 39.3 Å². The van der Waals surface area contributed by atoms with Crippen molar-refractivity contribution >= 4 is 36.1 Å². The van der Waals surface area contributed by atoms with Gasteiger partial charge in [-0.3, -0.25) is 0 Å². The molecule has 0 unspecified atom stereocenters. The molecule has 1 N–H and O–H groups in total. The van der Waals surface area contributed by atoms with Crippen LogP contribution in [0.5, 0.6) is 5.75 Å². The molecule has 0 aliphatic heterocycles. The van der Waals surface area contributed by atoms with E-state index in [-0.39, 0.29) is 11.2 Å². The SMILES string of the molecule is CC(C)(C)c1cccc(N=N[Si](C)(C)c2ccccc2)c1O.[Cl][Zr][Cl]. The molecule has 0 radical (unpaired) electrons. The quantitative estimate of drug-likeness (QED) is 0.414. The molecule has 0 saturated carbocycles. The Morgan fingerprint density at radius 1 is 0.960 bits per heavy atom. The molecule has 0 heterocycles. The van der Waals surface area contributed by atoms with Crippen molar-refractivity contribution in [3.05, 3.63) is 54.1 Å². The molecule has 0 saturated heterocycles. The maximum atomic E-state index is 10.5. The van der Waals surface area contributed by atoms with Gasteiger partial charge in [0, 0.05) is 5.56 Å². The summed E-state index contributed by atoms with van der Waals surface area (Å²) in [5.41, 5.74) is 1.31. The summed E-state index contributed by atoms with van der Waals surface area (Å²) >= 11 is -0.826. The van der Waals surface area contributed by atoms with E-state index in [4.69, 9.17) is 17.0 Å². The molecule has 0 aliphatic rings. The van der Waals surface area contributed by atoms with Gasteiger partial charge < -0.3 is 5.11 Å². The predicted molar refractivity (Wildman–Crippen MR) is 107 cm³/mol. The van der Waals surface area contributed by atoms with Crippen LogP contribution in [0.1, 0.15) is 26.3 Å². The first kappa shape index (κ1) is 22.6. The van der Waals surface area contributed by atoms with E-state index in [1.165, 1.54) is 5.19 Å². The first-order chi connectivity index (χ1) is 11.6. The van der Waals surface area contributed by atoms with Crippen molar-refractivity contribution in [3.8, 4) is 5.75 Å². The number of benzene rings is 2. The number of halogens is 2. The monoisotopic (exact) mass is 472 g/mol. The number of phenolic OH excluding ortho intramolecular Hbond substituents is 1. The average molecular weight is 475 g/mol. The first-order valence-electron chi connectivity index (χ1n) is 7.90. The Labute approximate surface area is 170 Å². The van der Waals surface area contributed by atoms with Crippen molar-refractivity contribution in [1.82, 2.24) is 0 Å². The third-order valence-electron chi connectivity index (χ3n) is 3.71. The summed E-state index contributed by atoms with van der Waals surface area (Å²) in [6, 6.07) is 15.9. The van der Waals surface area contributed by atoms with E-state index in [9.17, 15) is 5.11 Å². The molecule has 25 heavy (non-hydrogen) atoms. The zero-order valence-corrected chi connectivity index (χ0v) is 20.2. The molecule has 0 amide bonds. The fourth-order valence-electron chi connectivity index (χ4n) is 2.30. The molecule has 0 spiro atoms. The summed E-state index contributed by atoms with van der Waals surface area (Å²) in [5.74, 6) is 0.233. The number of hydrogen-bond acceptors (Lipinski definition) is 3. The fraction of sp³-hybridized carbons (Fsp3) is 0.333. The number of phenols is 1. The molecule has 0 fully saturated rings. The molecular weight excluding hydrogens is 450 g/mol. The fourth-order valence-corrected chi connectivity index (χ4v) is 3.78. The number of rotatable bonds is 3. The molecule has 7 heteroatoms. The van der Waals surface area contributed by atoms with Crippen LogP contribution in [0.25, 0.3) is 0 Å². The van der Waals surface area contributed by atoms with Gasteiger partial charge in [0.1, 0.15) is 11.4 Å². The maximum absolute atomic E-state index is 10.5. The van der Waals surface area contributed by atoms with Crippen LogP contribution in [0.3, 0.4) is 0 Å². The molecule has 3 nitrogen and oxygen atoms in total. The topological polar surface area (TPSA) is 45.0 Å². The second-order valence-corrected chi connectivity index (χ2v) is 14.7. The Kier molecular flexibility index (Phi) is 9.03. The third kappa shape index (κ3) is 6.97. The van der Waals surface area contributed by atoms with Crippen LogP contribution in [-0.2, 0) is 26.3 Å². The molecule has 0 aromatic heterocycles. The number of aromatic hydroxyl groups is 1. The summed E-state index contributed by atoms with van der Waals surface area (Å²) in [4.78, 5) is 0. The van der Waals surface area contributed by atoms with E-state index in [2.05, 4.69) is 55.9 Å². The van der Waals surface area contributed by atoms with Crippen molar-refractivity contribution in [3.63, 3.8) is 0 Å². The van der Waals surface area contributed by atoms with E-state index in [0.29, 0.717) is 5.69 Å². The summed E-state index contributed by atoms with van der Waals surface area (Å²) in [5, 5.41) is 16.0. The van der Waals surface area contributed by atoms with Gasteiger partial charge in [0.25, 0.3) is 0 Å². The summed E-state index contributed by atoms with van der Waals surface area (Å²) < 4.78 is 4.58. The Hall–Kier alpha value is -0.480. The average Bonchev–Trinajstić information content (AvgIpc) is 2.54. The third-order valence-corrected chi connectivity index (χ3v) is 6.06. The Morgan fingerprint density at radius 3 is 2.04 bits per heavy atom. The second kappa shape index (κ2) is 10.0. The van der Waals surface area contributed by atoms with Crippen molar-refractivity contribution in [2.75, 3.05) is 0 Å². The van der Waals surface area contributed by atoms with Gasteiger partial charge >= 0.3 is 37.9 Å². The van der Waals surface area contributed by atoms with Crippen molar-refractivity contribution < 1.29 is 26.0 Å². The minimum absolute atomic E-state index is 0.123. The molecular formula is C18H24Cl2N2OSiZr. The van der Waals surface area contributed by atoms with Gasteiger partial charge in [0.15, 0.2) is 0 Å². The standard InChI is InChI=1S/C18H24N2OSi.2ClH.Zr/c1-18(2,3)15-12-9-13-16(17(15)21)19-20-22(4,5)14-10-7-6-8-11-14;;;/h6-13,21H,1-5H3;2*1H;/q;;;+2/p-2. The molecule has 2 aromatic rings. The summed E-state index contributed by atoms with van der Waals surface area (Å²) in [6.07, 6.45) is 0. The Bertz CT molecular complexity index is 704. The number of nitrogens with zero attached hydrogens (tertiary/aromatic N) is 2. The van der Waals surface area contributed by atoms with Crippen LogP contribution >= 0.6 is 17.0 Å². The summed E-state index contributed by atoms with van der Waals surface area (Å²) in [7, 11) is 7.87. The van der Waals surface area contributed by atoms with Gasteiger partial charge in [0.05, 0.1) is 0 Å². The van der Waals surface area contributed by atoms with Gasteiger partial charge in [-0.15, -0.1) is 0 Å². The van der Waals surface area contributed by atoms with Crippen LogP contribution in [0.2, 0.25) is 13.1 Å². The van der Waals surface area contributed by atoms with E-state index < -0.39 is 29.1 Å². The van der Waals surface area contributed by atoms with Crippen molar-refractivity contribution in [1.29, 1.82) is 0 Å². The molecule has 0 bridgehead atoms. The molecule has 134 valence electrons. The first-order valence-corrected chi connectivity index (χ1v) is 17.2. The van der Waals surface area contributed by atoms with E-state index in [1.807, 2.05) is 36.4 Å². The molecule has 2 rings (SSSR count). The van der Waals surface area contributed by atoms with Gasteiger partial charge in [-0.1, -0.05) is 63.2 Å². The van der Waals surface area contributed by atoms with Crippen LogP contribution < -0.4 is 5.19 Å². The van der Waals surface area contributed by atoms with Gasteiger partial charge in [-0.25, -0.2) is 4.78 Å². The van der Waals surface area contributed by atoms with Crippen LogP contribution in [-0.4, -0.2) is 13.3 Å². The normalized spacial score (nSPS) is 11.8. The van der Waals surface area contributed by atoms with E-state index in [1.54, 1.807) is 0 Å². The van der Waals surface area contributed by atoms with Gasteiger partial charge in [-0.2, -0.15) is 5.11 Å². The minimum atomic E-state index is -2.00. The molecule has 0 atom stereocenters. The van der Waals surface area contributed by atoms with Gasteiger partial charge in [0.2, 0.25) is 8.24 Å². The Balaban J connectivity index is 0.000000970. The Morgan fingerprint density at radius 2 is 1.52 bits per heavy atom. The second-order valence-electron chi connectivity index (χ2n) is 7.12.